The second-order valence-corrected chi connectivity index (χ2v) is 16.8. The molecule has 0 aromatic heterocycles. The topological polar surface area (TPSA) is 247 Å². The van der Waals surface area contributed by atoms with Crippen LogP contribution in [0.15, 0.2) is 171 Å². The molecule has 0 bridgehead atoms. The standard InChI is InChI=1S/C19H21F2N3O2.C16H15F2N3O2.C10H12FN.C7H8FN.C6H4F2N2O2/c1-3-11-24(12-13-5-7-14(20)8-6-13)16-10-9-15(18(22)17(16)21)23-19(25)26-4-2;1-2-9-20(10-11-3-5-12(17)6-4-11)13-7-8-14(21(22)23)16(19)15(13)18;1-2-7-12-8-9-3-5-10(11)6-4-9;8-7-3-1-6(5-9)2-4-7;7-3-1-2-4(10(11)12)6(9)5(3)8/h3,5-10H,1,4,11-12,22H2,2H3,(H,23,25);2-8H,1,9-10,19H2;2-6,12H,1,7-8H2;1-4H,5,9H2;1-2H,9H2. The summed E-state index contributed by atoms with van der Waals surface area (Å²) >= 11 is 0. The van der Waals surface area contributed by atoms with E-state index in [2.05, 4.69) is 30.4 Å². The van der Waals surface area contributed by atoms with Crippen molar-refractivity contribution in [3.63, 3.8) is 0 Å². The number of halogens is 8. The predicted octanol–water partition coefficient (Wildman–Crippen LogP) is 12.8. The fourth-order valence-electron chi connectivity index (χ4n) is 6.87. The molecule has 7 rings (SSSR count). The van der Waals surface area contributed by atoms with Crippen molar-refractivity contribution in [2.75, 3.05) is 58.6 Å². The fraction of sp³-hybridized carbons (Fsp3) is 0.155. The minimum atomic E-state index is -1.38. The zero-order valence-electron chi connectivity index (χ0n) is 44.3. The number of ether oxygens (including phenoxy) is 1. The van der Waals surface area contributed by atoms with Gasteiger partial charge in [-0.2, -0.15) is 0 Å². The molecule has 7 aromatic rings. The first-order valence-electron chi connectivity index (χ1n) is 24.4. The number of hydrogen-bond donors (Lipinski definition) is 6. The summed E-state index contributed by atoms with van der Waals surface area (Å²) in [6.45, 7) is 16.0. The maximum atomic E-state index is 14.8. The van der Waals surface area contributed by atoms with Crippen LogP contribution >= 0.6 is 0 Å². The van der Waals surface area contributed by atoms with Gasteiger partial charge in [0.25, 0.3) is 11.4 Å². The molecule has 0 atom stereocenters. The molecule has 0 saturated carbocycles. The quantitative estimate of drug-likeness (QED) is 0.0110. The number of nitro groups is 2. The van der Waals surface area contributed by atoms with Crippen molar-refractivity contribution >= 4 is 51.6 Å². The summed E-state index contributed by atoms with van der Waals surface area (Å²) in [5, 5.41) is 26.4. The summed E-state index contributed by atoms with van der Waals surface area (Å²) < 4.78 is 109. The Kier molecular flexibility index (Phi) is 27.8. The van der Waals surface area contributed by atoms with Gasteiger partial charge in [0.1, 0.15) is 34.6 Å². The van der Waals surface area contributed by atoms with E-state index in [1.54, 1.807) is 83.5 Å². The van der Waals surface area contributed by atoms with Gasteiger partial charge in [-0.3, -0.25) is 25.5 Å². The van der Waals surface area contributed by atoms with Crippen LogP contribution in [0.5, 0.6) is 0 Å². The molecule has 7 aromatic carbocycles. The van der Waals surface area contributed by atoms with E-state index in [-0.39, 0.29) is 59.2 Å². The normalized spacial score (nSPS) is 10.1. The number of nitro benzene ring substituents is 2. The highest BCUT2D eigenvalue weighted by atomic mass is 19.2. The number of nitrogens with one attached hydrogen (secondary N) is 2. The van der Waals surface area contributed by atoms with Crippen LogP contribution in [-0.4, -0.2) is 42.2 Å². The van der Waals surface area contributed by atoms with E-state index in [4.69, 9.17) is 27.7 Å². The molecule has 0 aliphatic rings. The largest absolute Gasteiger partial charge is 0.450 e. The Morgan fingerprint density at radius 3 is 1.34 bits per heavy atom. The lowest BCUT2D eigenvalue weighted by atomic mass is 10.1. The van der Waals surface area contributed by atoms with Crippen LogP contribution in [0.4, 0.5) is 85.4 Å². The zero-order valence-corrected chi connectivity index (χ0v) is 44.3. The van der Waals surface area contributed by atoms with Crippen molar-refractivity contribution in [3.05, 3.63) is 260 Å². The van der Waals surface area contributed by atoms with Gasteiger partial charge in [0, 0.05) is 57.9 Å². The van der Waals surface area contributed by atoms with Crippen molar-refractivity contribution in [2.45, 2.75) is 33.1 Å². The molecule has 10 N–H and O–H groups in total. The maximum absolute atomic E-state index is 14.8. The van der Waals surface area contributed by atoms with E-state index in [1.807, 2.05) is 0 Å². The summed E-state index contributed by atoms with van der Waals surface area (Å²) in [5.41, 5.74) is 23.1. The number of hydrogen-bond acceptors (Lipinski definition) is 13. The number of nitrogen functional groups attached to an aromatic ring is 3. The van der Waals surface area contributed by atoms with Gasteiger partial charge in [0.05, 0.1) is 39.2 Å². The molecule has 24 heteroatoms. The van der Waals surface area contributed by atoms with Crippen molar-refractivity contribution in [1.82, 2.24) is 5.32 Å². The van der Waals surface area contributed by atoms with Gasteiger partial charge in [-0.05, 0) is 102 Å². The Balaban J connectivity index is 0.000000285. The first-order valence-corrected chi connectivity index (χ1v) is 24.4. The molecule has 0 unspecified atom stereocenters. The smallest absolute Gasteiger partial charge is 0.411 e. The first-order chi connectivity index (χ1) is 39.1. The van der Waals surface area contributed by atoms with Crippen molar-refractivity contribution < 1.29 is 54.5 Å². The minimum absolute atomic E-state index is 0.123. The molecule has 434 valence electrons. The van der Waals surface area contributed by atoms with Crippen molar-refractivity contribution in [1.29, 1.82) is 0 Å². The van der Waals surface area contributed by atoms with Gasteiger partial charge >= 0.3 is 6.09 Å². The van der Waals surface area contributed by atoms with Gasteiger partial charge in [0.15, 0.2) is 23.3 Å². The van der Waals surface area contributed by atoms with Crippen LogP contribution in [0.1, 0.15) is 29.2 Å². The van der Waals surface area contributed by atoms with Gasteiger partial charge in [-0.25, -0.2) is 39.9 Å². The van der Waals surface area contributed by atoms with Gasteiger partial charge in [-0.1, -0.05) is 66.8 Å². The lowest BCUT2D eigenvalue weighted by Crippen LogP contribution is -2.24. The SMILES string of the molecule is C=CCN(Cc1ccc(F)cc1)c1ccc(NC(=O)OCC)c(N)c1F.C=CCN(Cc1ccc(F)cc1)c1ccc([N+](=O)[O-])c(N)c1F.C=CCNCc1ccc(F)cc1.NCc1ccc(F)cc1.Nc1c([N+](=O)[O-])ccc(F)c1F. The molecule has 1 amide bonds. The molecule has 0 spiro atoms. The number of amides is 1. The molecule has 0 heterocycles. The Bertz CT molecular complexity index is 3220. The van der Waals surface area contributed by atoms with Crippen LogP contribution in [0, 0.1) is 66.8 Å². The van der Waals surface area contributed by atoms with Gasteiger partial charge in [0.2, 0.25) is 0 Å². The first kappa shape index (κ1) is 66.5. The van der Waals surface area contributed by atoms with E-state index in [9.17, 15) is 60.1 Å². The summed E-state index contributed by atoms with van der Waals surface area (Å²) in [7, 11) is 0. The van der Waals surface area contributed by atoms with Gasteiger partial charge in [-0.15, -0.1) is 19.7 Å². The molecule has 0 fully saturated rings. The highest BCUT2D eigenvalue weighted by molar-refractivity contribution is 5.90. The maximum Gasteiger partial charge on any atom is 0.411 e. The predicted molar refractivity (Wildman–Crippen MR) is 304 cm³/mol. The zero-order chi connectivity index (χ0) is 60.9. The average molecular weight is 1150 g/mol. The van der Waals surface area contributed by atoms with Crippen LogP contribution in [0.3, 0.4) is 0 Å². The number of rotatable bonds is 19. The third-order valence-electron chi connectivity index (χ3n) is 10.9. The van der Waals surface area contributed by atoms with E-state index in [0.29, 0.717) is 32.2 Å². The molecular weight excluding hydrogens is 1080 g/mol. The number of carbonyl (C=O) groups is 1. The highest BCUT2D eigenvalue weighted by Crippen LogP contribution is 2.34. The lowest BCUT2D eigenvalue weighted by Gasteiger charge is -2.25. The number of carbonyl (C=O) groups excluding carboxylic acids is 1. The fourth-order valence-corrected chi connectivity index (χ4v) is 6.87. The molecular formula is C58H60F8N10O6. The monoisotopic (exact) mass is 1140 g/mol. The Morgan fingerprint density at radius 1 is 0.549 bits per heavy atom. The van der Waals surface area contributed by atoms with Crippen LogP contribution < -0.4 is 43.4 Å². The number of anilines is 6. The number of nitrogens with two attached hydrogens (primary N) is 4. The Labute approximate surface area is 467 Å². The summed E-state index contributed by atoms with van der Waals surface area (Å²) in [6, 6.07) is 31.3. The molecule has 82 heavy (non-hydrogen) atoms. The Morgan fingerprint density at radius 2 is 0.939 bits per heavy atom. The number of benzene rings is 7. The molecule has 0 aliphatic carbocycles. The molecule has 16 nitrogen and oxygen atoms in total. The third kappa shape index (κ3) is 21.4. The minimum Gasteiger partial charge on any atom is -0.450 e. The Hall–Kier alpha value is -9.81. The van der Waals surface area contributed by atoms with Crippen LogP contribution in [0.25, 0.3) is 0 Å². The van der Waals surface area contributed by atoms with Gasteiger partial charge < -0.3 is 42.8 Å². The van der Waals surface area contributed by atoms with Crippen molar-refractivity contribution in [2.24, 2.45) is 5.73 Å². The lowest BCUT2D eigenvalue weighted by molar-refractivity contribution is -0.384. The summed E-state index contributed by atoms with van der Waals surface area (Å²) in [4.78, 5) is 34.1. The van der Waals surface area contributed by atoms with Crippen LogP contribution in [0.2, 0.25) is 0 Å². The second kappa shape index (κ2) is 34.3. The van der Waals surface area contributed by atoms with E-state index in [1.165, 1.54) is 66.7 Å². The van der Waals surface area contributed by atoms with E-state index in [0.717, 1.165) is 47.5 Å². The van der Waals surface area contributed by atoms with E-state index < -0.39 is 62.0 Å². The highest BCUT2D eigenvalue weighted by Gasteiger charge is 2.23. The third-order valence-corrected chi connectivity index (χ3v) is 10.9. The summed E-state index contributed by atoms with van der Waals surface area (Å²) in [6.07, 6.45) is 4.29. The molecule has 0 radical (unpaired) electrons. The average Bonchev–Trinajstić information content (AvgIpc) is 3.66. The molecule has 0 aliphatic heterocycles. The van der Waals surface area contributed by atoms with Crippen LogP contribution in [-0.2, 0) is 30.9 Å². The molecule has 0 saturated heterocycles. The number of nitrogens with zero attached hydrogens (tertiary/aromatic N) is 4. The van der Waals surface area contributed by atoms with E-state index >= 15 is 0 Å². The summed E-state index contributed by atoms with van der Waals surface area (Å²) in [5.74, 6) is -5.22. The van der Waals surface area contributed by atoms with Crippen molar-refractivity contribution in [3.8, 4) is 0 Å². The second-order valence-electron chi connectivity index (χ2n) is 16.8.